The van der Waals surface area contributed by atoms with Crippen molar-refractivity contribution < 1.29 is 23.8 Å². The molecule has 0 atom stereocenters. The van der Waals surface area contributed by atoms with Crippen molar-refractivity contribution in [1.82, 2.24) is 4.90 Å². The van der Waals surface area contributed by atoms with Crippen molar-refractivity contribution >= 4 is 18.0 Å². The summed E-state index contributed by atoms with van der Waals surface area (Å²) < 4.78 is 15.6. The van der Waals surface area contributed by atoms with Crippen LogP contribution >= 0.6 is 0 Å². The van der Waals surface area contributed by atoms with Gasteiger partial charge in [0.1, 0.15) is 5.75 Å². The zero-order valence-electron chi connectivity index (χ0n) is 16.8. The molecule has 0 spiro atoms. The number of rotatable bonds is 12. The van der Waals surface area contributed by atoms with E-state index in [0.717, 1.165) is 11.3 Å². The third-order valence-corrected chi connectivity index (χ3v) is 3.76. The molecule has 0 heterocycles. The molecule has 0 saturated carbocycles. The van der Waals surface area contributed by atoms with E-state index in [1.54, 1.807) is 11.0 Å². The molecule has 0 aliphatic carbocycles. The van der Waals surface area contributed by atoms with Gasteiger partial charge in [0.15, 0.2) is 0 Å². The Hall–Kier alpha value is -2.34. The van der Waals surface area contributed by atoms with Crippen LogP contribution in [0.25, 0.3) is 6.08 Å². The molecule has 6 heteroatoms. The second-order valence-corrected chi connectivity index (χ2v) is 6.26. The summed E-state index contributed by atoms with van der Waals surface area (Å²) in [6, 6.07) is 7.52. The van der Waals surface area contributed by atoms with E-state index < -0.39 is 0 Å². The highest BCUT2D eigenvalue weighted by atomic mass is 16.5. The molecule has 0 unspecified atom stereocenters. The van der Waals surface area contributed by atoms with Gasteiger partial charge < -0.3 is 19.1 Å². The second-order valence-electron chi connectivity index (χ2n) is 6.26. The fourth-order valence-electron chi connectivity index (χ4n) is 2.35. The summed E-state index contributed by atoms with van der Waals surface area (Å²) in [5.74, 6) is 0.324. The van der Waals surface area contributed by atoms with E-state index in [4.69, 9.17) is 9.47 Å². The van der Waals surface area contributed by atoms with E-state index in [9.17, 15) is 9.59 Å². The van der Waals surface area contributed by atoms with Gasteiger partial charge in [-0.15, -0.1) is 0 Å². The van der Waals surface area contributed by atoms with Crippen LogP contribution in [0.2, 0.25) is 0 Å². The Morgan fingerprint density at radius 3 is 2.44 bits per heavy atom. The summed E-state index contributed by atoms with van der Waals surface area (Å²) in [6.45, 7) is 7.91. The van der Waals surface area contributed by atoms with E-state index in [1.165, 1.54) is 13.2 Å². The van der Waals surface area contributed by atoms with Crippen LogP contribution in [-0.2, 0) is 19.1 Å². The number of hydrogen-bond acceptors (Lipinski definition) is 5. The number of carbonyl (C=O) groups is 2. The van der Waals surface area contributed by atoms with Gasteiger partial charge in [-0.2, -0.15) is 0 Å². The summed E-state index contributed by atoms with van der Waals surface area (Å²) in [6.07, 6.45) is 4.32. The van der Waals surface area contributed by atoms with E-state index in [-0.39, 0.29) is 24.4 Å². The fraction of sp³-hybridized carbons (Fsp3) is 0.524. The molecular formula is C21H31NO5. The molecule has 0 N–H and O–H groups in total. The standard InChI is InChI=1S/C21H31NO5/c1-5-26-19-10-7-18(8-11-19)9-12-20(23)22(15-13-21(24)25-4)14-6-16-27-17(2)3/h7-12,17H,5-6,13-16H2,1-4H3/b12-9+. The number of nitrogens with zero attached hydrogens (tertiary/aromatic N) is 1. The number of esters is 1. The Morgan fingerprint density at radius 1 is 1.15 bits per heavy atom. The maximum absolute atomic E-state index is 12.5. The summed E-state index contributed by atoms with van der Waals surface area (Å²) in [4.78, 5) is 25.6. The average Bonchev–Trinajstić information content (AvgIpc) is 2.66. The Labute approximate surface area is 162 Å². The van der Waals surface area contributed by atoms with Crippen molar-refractivity contribution in [2.75, 3.05) is 33.4 Å². The third kappa shape index (κ3) is 9.80. The van der Waals surface area contributed by atoms with Crippen molar-refractivity contribution in [2.24, 2.45) is 0 Å². The molecule has 150 valence electrons. The SMILES string of the molecule is CCOc1ccc(/C=C/C(=O)N(CCCOC(C)C)CCC(=O)OC)cc1. The molecule has 6 nitrogen and oxygen atoms in total. The van der Waals surface area contributed by atoms with Crippen LogP contribution in [0.15, 0.2) is 30.3 Å². The maximum atomic E-state index is 12.5. The number of amides is 1. The molecule has 0 aromatic heterocycles. The van der Waals surface area contributed by atoms with Crippen LogP contribution in [0.3, 0.4) is 0 Å². The lowest BCUT2D eigenvalue weighted by molar-refractivity contribution is -0.141. The molecule has 0 saturated heterocycles. The number of benzene rings is 1. The van der Waals surface area contributed by atoms with Gasteiger partial charge in [0, 0.05) is 25.8 Å². The first-order valence-corrected chi connectivity index (χ1v) is 9.34. The summed E-state index contributed by atoms with van der Waals surface area (Å²) >= 11 is 0. The van der Waals surface area contributed by atoms with E-state index in [0.29, 0.717) is 32.7 Å². The van der Waals surface area contributed by atoms with Crippen molar-refractivity contribution in [3.63, 3.8) is 0 Å². The Bertz CT molecular complexity index is 595. The molecule has 27 heavy (non-hydrogen) atoms. The molecule has 0 radical (unpaired) electrons. The number of methoxy groups -OCH3 is 1. The lowest BCUT2D eigenvalue weighted by Crippen LogP contribution is -2.33. The van der Waals surface area contributed by atoms with Gasteiger partial charge in [-0.1, -0.05) is 12.1 Å². The second kappa shape index (κ2) is 12.9. The molecule has 0 fully saturated rings. The van der Waals surface area contributed by atoms with Gasteiger partial charge in [-0.05, 0) is 51.0 Å². The molecule has 0 aliphatic heterocycles. The van der Waals surface area contributed by atoms with E-state index >= 15 is 0 Å². The van der Waals surface area contributed by atoms with Crippen LogP contribution in [0.1, 0.15) is 39.2 Å². The van der Waals surface area contributed by atoms with Gasteiger partial charge in [-0.3, -0.25) is 9.59 Å². The van der Waals surface area contributed by atoms with Crippen molar-refractivity contribution in [1.29, 1.82) is 0 Å². The highest BCUT2D eigenvalue weighted by Gasteiger charge is 2.13. The Balaban J connectivity index is 2.64. The van der Waals surface area contributed by atoms with Gasteiger partial charge in [0.2, 0.25) is 5.91 Å². The van der Waals surface area contributed by atoms with Crippen molar-refractivity contribution in [2.45, 2.75) is 39.7 Å². The number of carbonyl (C=O) groups excluding carboxylic acids is 2. The van der Waals surface area contributed by atoms with Crippen molar-refractivity contribution in [3.05, 3.63) is 35.9 Å². The minimum absolute atomic E-state index is 0.141. The average molecular weight is 377 g/mol. The lowest BCUT2D eigenvalue weighted by Gasteiger charge is -2.21. The summed E-state index contributed by atoms with van der Waals surface area (Å²) in [7, 11) is 1.34. The first-order valence-electron chi connectivity index (χ1n) is 9.34. The minimum Gasteiger partial charge on any atom is -0.494 e. The van der Waals surface area contributed by atoms with Gasteiger partial charge in [-0.25, -0.2) is 0 Å². The topological polar surface area (TPSA) is 65.1 Å². The molecule has 0 aliphatic rings. The van der Waals surface area contributed by atoms with Crippen LogP contribution < -0.4 is 4.74 Å². The molecule has 0 bridgehead atoms. The van der Waals surface area contributed by atoms with Gasteiger partial charge in [0.25, 0.3) is 0 Å². The Kier molecular flexibility index (Phi) is 10.9. The minimum atomic E-state index is -0.332. The first-order chi connectivity index (χ1) is 13.0. The zero-order chi connectivity index (χ0) is 20.1. The Morgan fingerprint density at radius 2 is 1.85 bits per heavy atom. The monoisotopic (exact) mass is 377 g/mol. The zero-order valence-corrected chi connectivity index (χ0v) is 16.8. The normalized spacial score (nSPS) is 11.0. The largest absolute Gasteiger partial charge is 0.494 e. The van der Waals surface area contributed by atoms with Crippen molar-refractivity contribution in [3.8, 4) is 5.75 Å². The smallest absolute Gasteiger partial charge is 0.307 e. The predicted molar refractivity (Wildman–Crippen MR) is 106 cm³/mol. The molecule has 1 amide bonds. The van der Waals surface area contributed by atoms with Crippen LogP contribution in [0.4, 0.5) is 0 Å². The van der Waals surface area contributed by atoms with Crippen LogP contribution in [0, 0.1) is 0 Å². The van der Waals surface area contributed by atoms with E-state index in [1.807, 2.05) is 45.0 Å². The lowest BCUT2D eigenvalue weighted by atomic mass is 10.2. The summed E-state index contributed by atoms with van der Waals surface area (Å²) in [5.41, 5.74) is 0.905. The fourth-order valence-corrected chi connectivity index (χ4v) is 2.35. The number of ether oxygens (including phenoxy) is 3. The van der Waals surface area contributed by atoms with Gasteiger partial charge in [0.05, 0.1) is 26.2 Å². The van der Waals surface area contributed by atoms with Crippen LogP contribution in [-0.4, -0.2) is 56.3 Å². The van der Waals surface area contributed by atoms with Gasteiger partial charge >= 0.3 is 5.97 Å². The predicted octanol–water partition coefficient (Wildman–Crippen LogP) is 3.31. The molecule has 1 rings (SSSR count). The molecule has 1 aromatic carbocycles. The maximum Gasteiger partial charge on any atom is 0.307 e. The first kappa shape index (κ1) is 22.7. The highest BCUT2D eigenvalue weighted by Crippen LogP contribution is 2.13. The van der Waals surface area contributed by atoms with Crippen LogP contribution in [0.5, 0.6) is 5.75 Å². The number of hydrogen-bond donors (Lipinski definition) is 0. The quantitative estimate of drug-likeness (QED) is 0.318. The highest BCUT2D eigenvalue weighted by molar-refractivity contribution is 5.92. The van der Waals surface area contributed by atoms with E-state index in [2.05, 4.69) is 4.74 Å². The third-order valence-electron chi connectivity index (χ3n) is 3.76. The summed E-state index contributed by atoms with van der Waals surface area (Å²) in [5, 5.41) is 0. The molecule has 1 aromatic rings. The molecular weight excluding hydrogens is 346 g/mol.